The molecule has 39 heavy (non-hydrogen) atoms. The zero-order valence-electron chi connectivity index (χ0n) is 21.6. The second-order valence-electron chi connectivity index (χ2n) is 8.70. The number of amides is 1. The van der Waals surface area contributed by atoms with Gasteiger partial charge in [0, 0.05) is 35.7 Å². The summed E-state index contributed by atoms with van der Waals surface area (Å²) in [4.78, 5) is 26.8. The average Bonchev–Trinajstić information content (AvgIpc) is 3.34. The highest BCUT2D eigenvalue weighted by molar-refractivity contribution is 5.98. The van der Waals surface area contributed by atoms with Gasteiger partial charge in [0.25, 0.3) is 0 Å². The maximum Gasteiger partial charge on any atom is 0.471 e. The first-order chi connectivity index (χ1) is 18.6. The van der Waals surface area contributed by atoms with Crippen molar-refractivity contribution in [3.63, 3.8) is 0 Å². The molecule has 0 spiro atoms. The van der Waals surface area contributed by atoms with Gasteiger partial charge in [-0.3, -0.25) is 9.78 Å². The Morgan fingerprint density at radius 2 is 1.82 bits per heavy atom. The Kier molecular flexibility index (Phi) is 8.34. The number of anilines is 3. The molecule has 0 saturated carbocycles. The number of nitrogens with zero attached hydrogens (tertiary/aromatic N) is 4. The summed E-state index contributed by atoms with van der Waals surface area (Å²) in [5.41, 5.74) is 2.32. The van der Waals surface area contributed by atoms with Gasteiger partial charge in [-0.15, -0.1) is 0 Å². The van der Waals surface area contributed by atoms with Crippen LogP contribution in [0.3, 0.4) is 0 Å². The zero-order chi connectivity index (χ0) is 28.2. The number of likely N-dealkylation sites (N-methyl/N-ethyl adjacent to an activating group) is 1. The fraction of sp³-hybridized carbons (Fsp3) is 0.296. The number of carbonyl (C=O) groups is 1. The molecule has 0 aliphatic carbocycles. The summed E-state index contributed by atoms with van der Waals surface area (Å²) in [5, 5.41) is 3.75. The molecule has 0 saturated heterocycles. The molecule has 0 atom stereocenters. The fourth-order valence-corrected chi connectivity index (χ4v) is 4.17. The van der Waals surface area contributed by atoms with Crippen LogP contribution < -0.4 is 15.0 Å². The molecule has 0 aliphatic rings. The number of methoxy groups -OCH3 is 1. The van der Waals surface area contributed by atoms with Crippen LogP contribution in [0, 0.1) is 5.82 Å². The number of halogens is 4. The summed E-state index contributed by atoms with van der Waals surface area (Å²) >= 11 is 0. The smallest absolute Gasteiger partial charge is 0.471 e. The minimum Gasteiger partial charge on any atom is -0.494 e. The van der Waals surface area contributed by atoms with Crippen LogP contribution in [-0.4, -0.2) is 65.2 Å². The van der Waals surface area contributed by atoms with Crippen LogP contribution >= 0.6 is 0 Å². The van der Waals surface area contributed by atoms with Gasteiger partial charge in [0.15, 0.2) is 0 Å². The maximum atomic E-state index is 13.6. The number of carbonyl (C=O) groups excluding carboxylic acids is 1. The highest BCUT2D eigenvalue weighted by Gasteiger charge is 2.43. The van der Waals surface area contributed by atoms with Crippen LogP contribution in [0.25, 0.3) is 22.3 Å². The molecule has 0 aliphatic heterocycles. The number of fused-ring (bicyclic) bond motifs is 1. The molecule has 4 rings (SSSR count). The first kappa shape index (κ1) is 27.8. The summed E-state index contributed by atoms with van der Waals surface area (Å²) in [6, 6.07) is 10.5. The molecule has 2 aromatic carbocycles. The third-order valence-electron chi connectivity index (χ3n) is 6.27. The van der Waals surface area contributed by atoms with E-state index in [4.69, 9.17) is 4.74 Å². The van der Waals surface area contributed by atoms with Gasteiger partial charge in [-0.25, -0.2) is 9.37 Å². The van der Waals surface area contributed by atoms with Crippen LogP contribution in [-0.2, 0) is 4.79 Å². The van der Waals surface area contributed by atoms with Gasteiger partial charge in [-0.1, -0.05) is 13.8 Å². The Hall–Kier alpha value is -4.19. The number of aromatic amines is 1. The molecule has 0 unspecified atom stereocenters. The first-order valence-electron chi connectivity index (χ1n) is 12.3. The van der Waals surface area contributed by atoms with Crippen molar-refractivity contribution in [2.75, 3.05) is 43.5 Å². The Labute approximate surface area is 222 Å². The molecular weight excluding hydrogens is 516 g/mol. The number of alkyl halides is 3. The lowest BCUT2D eigenvalue weighted by atomic mass is 10.2. The summed E-state index contributed by atoms with van der Waals surface area (Å²) in [7, 11) is 1.38. The highest BCUT2D eigenvalue weighted by atomic mass is 19.4. The second-order valence-corrected chi connectivity index (χ2v) is 8.70. The molecular formula is C27H28F4N6O2. The number of hydrogen-bond acceptors (Lipinski definition) is 6. The molecule has 4 aromatic rings. The molecule has 0 fully saturated rings. The van der Waals surface area contributed by atoms with Gasteiger partial charge in [-0.2, -0.15) is 13.2 Å². The number of rotatable bonds is 10. The van der Waals surface area contributed by atoms with Crippen molar-refractivity contribution in [2.24, 2.45) is 0 Å². The zero-order valence-corrected chi connectivity index (χ0v) is 21.6. The van der Waals surface area contributed by atoms with Crippen molar-refractivity contribution in [3.05, 3.63) is 60.7 Å². The van der Waals surface area contributed by atoms with E-state index in [1.165, 1.54) is 43.6 Å². The van der Waals surface area contributed by atoms with E-state index < -0.39 is 12.1 Å². The summed E-state index contributed by atoms with van der Waals surface area (Å²) in [5.74, 6) is -1.75. The van der Waals surface area contributed by atoms with Crippen molar-refractivity contribution in [1.82, 2.24) is 19.9 Å². The van der Waals surface area contributed by atoms with Crippen LogP contribution in [0.2, 0.25) is 0 Å². The first-order valence-corrected chi connectivity index (χ1v) is 12.3. The number of ether oxygens (including phenoxy) is 1. The molecule has 8 nitrogen and oxygen atoms in total. The topological polar surface area (TPSA) is 86.4 Å². The van der Waals surface area contributed by atoms with Crippen molar-refractivity contribution < 1.29 is 27.1 Å². The largest absolute Gasteiger partial charge is 0.494 e. The molecule has 0 bridgehead atoms. The van der Waals surface area contributed by atoms with Crippen LogP contribution in [0.15, 0.2) is 54.9 Å². The maximum absolute atomic E-state index is 13.6. The summed E-state index contributed by atoms with van der Waals surface area (Å²) in [6.45, 7) is 5.23. The number of benzene rings is 2. The molecule has 2 aromatic heterocycles. The van der Waals surface area contributed by atoms with Crippen molar-refractivity contribution in [2.45, 2.75) is 20.0 Å². The highest BCUT2D eigenvalue weighted by Crippen LogP contribution is 2.34. The van der Waals surface area contributed by atoms with Crippen LogP contribution in [0.5, 0.6) is 5.75 Å². The molecule has 206 valence electrons. The van der Waals surface area contributed by atoms with Crippen molar-refractivity contribution in [3.8, 4) is 17.1 Å². The van der Waals surface area contributed by atoms with Gasteiger partial charge in [-0.05, 0) is 49.5 Å². The van der Waals surface area contributed by atoms with E-state index in [-0.39, 0.29) is 30.3 Å². The summed E-state index contributed by atoms with van der Waals surface area (Å²) < 4.78 is 59.2. The normalized spacial score (nSPS) is 11.7. The molecule has 12 heteroatoms. The van der Waals surface area contributed by atoms with E-state index in [0.717, 1.165) is 5.52 Å². The molecule has 0 radical (unpaired) electrons. The van der Waals surface area contributed by atoms with Crippen molar-refractivity contribution >= 4 is 34.0 Å². The predicted octanol–water partition coefficient (Wildman–Crippen LogP) is 5.75. The number of H-pyrrole nitrogens is 1. The quantitative estimate of drug-likeness (QED) is 0.247. The Balaban J connectivity index is 1.60. The van der Waals surface area contributed by atoms with E-state index >= 15 is 0 Å². The lowest BCUT2D eigenvalue weighted by Gasteiger charge is -2.27. The minimum absolute atomic E-state index is 0.0528. The fourth-order valence-electron chi connectivity index (χ4n) is 4.17. The lowest BCUT2D eigenvalue weighted by Crippen LogP contribution is -2.45. The third kappa shape index (κ3) is 6.45. The van der Waals surface area contributed by atoms with E-state index in [9.17, 15) is 22.4 Å². The SMILES string of the molecule is CCN(CC)CCN(C(=O)C(F)(F)F)c1ccc(Nc2cncc(-c3cc4cc(F)ccc4[nH]3)n2)c(OC)c1. The van der Waals surface area contributed by atoms with E-state index in [1.54, 1.807) is 18.3 Å². The van der Waals surface area contributed by atoms with Crippen LogP contribution in [0.1, 0.15) is 13.8 Å². The van der Waals surface area contributed by atoms with Gasteiger partial charge < -0.3 is 24.8 Å². The average molecular weight is 545 g/mol. The lowest BCUT2D eigenvalue weighted by molar-refractivity contribution is -0.170. The Bertz CT molecular complexity index is 1450. The summed E-state index contributed by atoms with van der Waals surface area (Å²) in [6.07, 6.45) is -2.01. The van der Waals surface area contributed by atoms with Gasteiger partial charge in [0.05, 0.1) is 30.9 Å². The molecule has 1 amide bonds. The van der Waals surface area contributed by atoms with Gasteiger partial charge in [0.2, 0.25) is 0 Å². The third-order valence-corrected chi connectivity index (χ3v) is 6.27. The minimum atomic E-state index is -5.03. The standard InChI is InChI=1S/C27H28F4N6O2/c1-4-36(5-2)10-11-37(26(38)27(29,30)31)19-7-9-21(24(14-19)39-3)34-25-16-32-15-23(35-25)22-13-17-12-18(28)6-8-20(17)33-22/h6-9,12-16,33H,4-5,10-11H2,1-3H3,(H,34,35). The van der Waals surface area contributed by atoms with Crippen molar-refractivity contribution in [1.29, 1.82) is 0 Å². The van der Waals surface area contributed by atoms with E-state index in [0.29, 0.717) is 46.3 Å². The van der Waals surface area contributed by atoms with E-state index in [2.05, 4.69) is 20.3 Å². The van der Waals surface area contributed by atoms with Crippen LogP contribution in [0.4, 0.5) is 34.8 Å². The number of hydrogen-bond donors (Lipinski definition) is 2. The molecule has 2 N–H and O–H groups in total. The number of nitrogens with one attached hydrogen (secondary N) is 2. The number of aromatic nitrogens is 3. The Morgan fingerprint density at radius 3 is 2.51 bits per heavy atom. The second kappa shape index (κ2) is 11.7. The molecule has 2 heterocycles. The monoisotopic (exact) mass is 544 g/mol. The Morgan fingerprint density at radius 1 is 1.05 bits per heavy atom. The van der Waals surface area contributed by atoms with Gasteiger partial charge in [0.1, 0.15) is 23.1 Å². The predicted molar refractivity (Wildman–Crippen MR) is 142 cm³/mol. The van der Waals surface area contributed by atoms with Gasteiger partial charge >= 0.3 is 12.1 Å². The van der Waals surface area contributed by atoms with E-state index in [1.807, 2.05) is 18.7 Å².